The van der Waals surface area contributed by atoms with Crippen molar-refractivity contribution in [3.05, 3.63) is 0 Å². The van der Waals surface area contributed by atoms with Crippen molar-refractivity contribution >= 4 is 11.9 Å². The maximum absolute atomic E-state index is 11.2. The van der Waals surface area contributed by atoms with E-state index in [1.807, 2.05) is 11.8 Å². The molecule has 0 aromatic carbocycles. The zero-order chi connectivity index (χ0) is 14.0. The molecule has 0 spiro atoms. The smallest absolute Gasteiger partial charge is 0.320 e. The third kappa shape index (κ3) is 7.27. The quantitative estimate of drug-likeness (QED) is 0.551. The lowest BCUT2D eigenvalue weighted by Gasteiger charge is -2.27. The van der Waals surface area contributed by atoms with E-state index < -0.39 is 17.9 Å². The third-order valence-electron chi connectivity index (χ3n) is 3.10. The highest BCUT2D eigenvalue weighted by atomic mass is 16.4. The molecule has 0 unspecified atom stereocenters. The Balaban J connectivity index is 4.24. The van der Waals surface area contributed by atoms with E-state index in [1.54, 1.807) is 0 Å². The summed E-state index contributed by atoms with van der Waals surface area (Å²) in [6.45, 7) is 5.54. The molecule has 0 saturated carbocycles. The van der Waals surface area contributed by atoms with Crippen LogP contribution in [0.1, 0.15) is 52.4 Å². The van der Waals surface area contributed by atoms with Gasteiger partial charge in [0, 0.05) is 6.42 Å². The van der Waals surface area contributed by atoms with Crippen molar-refractivity contribution in [1.82, 2.24) is 4.90 Å². The second kappa shape index (κ2) is 9.88. The van der Waals surface area contributed by atoms with E-state index in [1.165, 1.54) is 6.42 Å². The lowest BCUT2D eigenvalue weighted by molar-refractivity contribution is -0.143. The van der Waals surface area contributed by atoms with E-state index in [0.717, 1.165) is 25.8 Å². The predicted octanol–water partition coefficient (Wildman–Crippen LogP) is 1.61. The van der Waals surface area contributed by atoms with Crippen LogP contribution in [0.25, 0.3) is 0 Å². The molecule has 0 aliphatic rings. The minimum Gasteiger partial charge on any atom is -0.480 e. The molecule has 0 radical (unpaired) electrons. The molecule has 1 atom stereocenters. The normalized spacial score (nSPS) is 12.6. The number of hydrogen-bond donors (Lipinski definition) is 2. The molecule has 0 aliphatic heterocycles. The summed E-state index contributed by atoms with van der Waals surface area (Å²) in [6, 6.07) is -0.593. The summed E-state index contributed by atoms with van der Waals surface area (Å²) in [6.07, 6.45) is 4.89. The summed E-state index contributed by atoms with van der Waals surface area (Å²) in [5, 5.41) is 9.20. The van der Waals surface area contributed by atoms with Gasteiger partial charge in [0.2, 0.25) is 5.91 Å². The van der Waals surface area contributed by atoms with Gasteiger partial charge < -0.3 is 10.8 Å². The highest BCUT2D eigenvalue weighted by Gasteiger charge is 2.24. The average Bonchev–Trinajstić information content (AvgIpc) is 2.31. The van der Waals surface area contributed by atoms with Crippen molar-refractivity contribution in [1.29, 1.82) is 0 Å². The second-order valence-corrected chi connectivity index (χ2v) is 4.55. The molecular formula is C13H26N2O3. The fourth-order valence-corrected chi connectivity index (χ4v) is 2.02. The van der Waals surface area contributed by atoms with Crippen LogP contribution >= 0.6 is 0 Å². The van der Waals surface area contributed by atoms with Gasteiger partial charge in [-0.15, -0.1) is 0 Å². The van der Waals surface area contributed by atoms with Crippen LogP contribution < -0.4 is 5.73 Å². The topological polar surface area (TPSA) is 83.6 Å². The van der Waals surface area contributed by atoms with Crippen LogP contribution in [-0.2, 0) is 9.59 Å². The fourth-order valence-electron chi connectivity index (χ4n) is 2.02. The number of unbranched alkanes of at least 4 members (excludes halogenated alkanes) is 3. The Morgan fingerprint density at radius 1 is 1.22 bits per heavy atom. The van der Waals surface area contributed by atoms with E-state index in [0.29, 0.717) is 13.0 Å². The molecule has 0 saturated heterocycles. The van der Waals surface area contributed by atoms with Crippen LogP contribution in [0.3, 0.4) is 0 Å². The van der Waals surface area contributed by atoms with Crippen molar-refractivity contribution in [2.24, 2.45) is 5.73 Å². The number of carboxylic acid groups (broad SMARTS) is 1. The van der Waals surface area contributed by atoms with Crippen LogP contribution in [0, 0.1) is 0 Å². The van der Waals surface area contributed by atoms with Crippen LogP contribution in [0.5, 0.6) is 0 Å². The van der Waals surface area contributed by atoms with Gasteiger partial charge in [0.05, 0.1) is 0 Å². The Morgan fingerprint density at radius 2 is 1.89 bits per heavy atom. The first-order valence-corrected chi connectivity index (χ1v) is 6.78. The minimum absolute atomic E-state index is 0.127. The lowest BCUT2D eigenvalue weighted by atomic mass is 10.1. The largest absolute Gasteiger partial charge is 0.480 e. The molecule has 1 amide bonds. The van der Waals surface area contributed by atoms with Gasteiger partial charge in [0.1, 0.15) is 6.04 Å². The second-order valence-electron chi connectivity index (χ2n) is 4.55. The number of carbonyl (C=O) groups excluding carboxylic acids is 1. The summed E-state index contributed by atoms with van der Waals surface area (Å²) < 4.78 is 0. The van der Waals surface area contributed by atoms with Crippen molar-refractivity contribution in [2.75, 3.05) is 13.1 Å². The minimum atomic E-state index is -0.867. The highest BCUT2D eigenvalue weighted by molar-refractivity contribution is 5.77. The predicted molar refractivity (Wildman–Crippen MR) is 71.2 cm³/mol. The van der Waals surface area contributed by atoms with Gasteiger partial charge >= 0.3 is 5.97 Å². The Morgan fingerprint density at radius 3 is 2.33 bits per heavy atom. The van der Waals surface area contributed by atoms with Crippen LogP contribution in [-0.4, -0.2) is 41.0 Å². The number of rotatable bonds is 11. The zero-order valence-electron chi connectivity index (χ0n) is 11.5. The van der Waals surface area contributed by atoms with E-state index in [4.69, 9.17) is 5.73 Å². The first kappa shape index (κ1) is 16.9. The summed E-state index contributed by atoms with van der Waals surface area (Å²) in [5.41, 5.74) is 5.07. The number of carbonyl (C=O) groups is 2. The van der Waals surface area contributed by atoms with E-state index in [2.05, 4.69) is 6.92 Å². The zero-order valence-corrected chi connectivity index (χ0v) is 11.5. The third-order valence-corrected chi connectivity index (χ3v) is 3.10. The summed E-state index contributed by atoms with van der Waals surface area (Å²) in [4.78, 5) is 23.9. The van der Waals surface area contributed by atoms with Crippen molar-refractivity contribution in [3.63, 3.8) is 0 Å². The number of hydrogen-bond acceptors (Lipinski definition) is 3. The Hall–Kier alpha value is -1.10. The SMILES string of the molecule is CCCCCCN(CC)[C@@H](CCC(N)=O)C(=O)O. The van der Waals surface area contributed by atoms with Gasteiger partial charge in [-0.25, -0.2) is 0 Å². The molecule has 5 heteroatoms. The molecule has 0 bridgehead atoms. The van der Waals surface area contributed by atoms with Gasteiger partial charge in [0.25, 0.3) is 0 Å². The van der Waals surface area contributed by atoms with Crippen LogP contribution in [0.4, 0.5) is 0 Å². The number of nitrogens with two attached hydrogens (primary N) is 1. The number of aliphatic carboxylic acids is 1. The molecule has 5 nitrogen and oxygen atoms in total. The molecule has 0 fully saturated rings. The van der Waals surface area contributed by atoms with E-state index in [9.17, 15) is 14.7 Å². The lowest BCUT2D eigenvalue weighted by Crippen LogP contribution is -2.42. The maximum atomic E-state index is 11.2. The van der Waals surface area contributed by atoms with Gasteiger partial charge in [-0.1, -0.05) is 33.1 Å². The monoisotopic (exact) mass is 258 g/mol. The highest BCUT2D eigenvalue weighted by Crippen LogP contribution is 2.10. The maximum Gasteiger partial charge on any atom is 0.320 e. The van der Waals surface area contributed by atoms with Gasteiger partial charge in [-0.3, -0.25) is 14.5 Å². The summed E-state index contributed by atoms with van der Waals surface area (Å²) in [5.74, 6) is -1.31. The average molecular weight is 258 g/mol. The molecule has 0 rings (SSSR count). The fraction of sp³-hybridized carbons (Fsp3) is 0.846. The number of amides is 1. The standard InChI is InChI=1S/C13H26N2O3/c1-3-5-6-7-10-15(4-2)11(13(17)18)8-9-12(14)16/h11H,3-10H2,1-2H3,(H2,14,16)(H,17,18)/t11-/m0/s1. The van der Waals surface area contributed by atoms with Gasteiger partial charge in [-0.05, 0) is 25.9 Å². The van der Waals surface area contributed by atoms with Crippen molar-refractivity contribution in [2.45, 2.75) is 58.4 Å². The first-order chi connectivity index (χ1) is 8.52. The first-order valence-electron chi connectivity index (χ1n) is 6.78. The molecule has 0 aliphatic carbocycles. The molecule has 0 heterocycles. The molecule has 0 aromatic heterocycles. The number of likely N-dealkylation sites (N-methyl/N-ethyl adjacent to an activating group) is 1. The van der Waals surface area contributed by atoms with Gasteiger partial charge in [-0.2, -0.15) is 0 Å². The summed E-state index contributed by atoms with van der Waals surface area (Å²) in [7, 11) is 0. The Kier molecular flexibility index (Phi) is 9.28. The molecule has 18 heavy (non-hydrogen) atoms. The van der Waals surface area contributed by atoms with E-state index in [-0.39, 0.29) is 6.42 Å². The summed E-state index contributed by atoms with van der Waals surface area (Å²) >= 11 is 0. The van der Waals surface area contributed by atoms with Crippen molar-refractivity contribution < 1.29 is 14.7 Å². The Bertz CT molecular complexity index is 257. The molecular weight excluding hydrogens is 232 g/mol. The van der Waals surface area contributed by atoms with Gasteiger partial charge in [0.15, 0.2) is 0 Å². The number of primary amides is 1. The molecule has 106 valence electrons. The molecule has 0 aromatic rings. The Labute approximate surface area is 109 Å². The van der Waals surface area contributed by atoms with E-state index >= 15 is 0 Å². The van der Waals surface area contributed by atoms with Crippen LogP contribution in [0.2, 0.25) is 0 Å². The van der Waals surface area contributed by atoms with Crippen molar-refractivity contribution in [3.8, 4) is 0 Å². The molecule has 3 N–H and O–H groups in total. The number of carboxylic acids is 1. The van der Waals surface area contributed by atoms with Crippen LogP contribution in [0.15, 0.2) is 0 Å². The number of nitrogens with zero attached hydrogens (tertiary/aromatic N) is 1.